The maximum Gasteiger partial charge on any atom is 0.278 e. The van der Waals surface area contributed by atoms with Gasteiger partial charge in [0.2, 0.25) is 0 Å². The number of hydrogen-bond acceptors (Lipinski definition) is 5. The molecule has 0 aromatic heterocycles. The van der Waals surface area contributed by atoms with E-state index < -0.39 is 0 Å². The molecule has 0 fully saturated rings. The fourth-order valence-corrected chi connectivity index (χ4v) is 3.59. The molecule has 6 heteroatoms. The molecule has 0 radical (unpaired) electrons. The highest BCUT2D eigenvalue weighted by molar-refractivity contribution is 6.36. The van der Waals surface area contributed by atoms with Gasteiger partial charge in [-0.05, 0) is 54.7 Å². The molecule has 0 saturated carbocycles. The van der Waals surface area contributed by atoms with E-state index in [4.69, 9.17) is 9.47 Å². The van der Waals surface area contributed by atoms with Crippen molar-refractivity contribution < 1.29 is 19.1 Å². The van der Waals surface area contributed by atoms with Crippen molar-refractivity contribution in [1.82, 2.24) is 4.90 Å². The molecule has 0 saturated heterocycles. The predicted molar refractivity (Wildman–Crippen MR) is 122 cm³/mol. The highest BCUT2D eigenvalue weighted by atomic mass is 16.5. The second-order valence-corrected chi connectivity index (χ2v) is 8.85. The normalized spacial score (nSPS) is 14.5. The lowest BCUT2D eigenvalue weighted by Gasteiger charge is -2.20. The number of imide groups is 1. The minimum absolute atomic E-state index is 0.0240. The van der Waals surface area contributed by atoms with Crippen molar-refractivity contribution >= 4 is 23.1 Å². The van der Waals surface area contributed by atoms with Gasteiger partial charge in [-0.3, -0.25) is 14.5 Å². The van der Waals surface area contributed by atoms with Crippen LogP contribution in [-0.4, -0.2) is 37.0 Å². The lowest BCUT2D eigenvalue weighted by molar-refractivity contribution is -0.138. The van der Waals surface area contributed by atoms with Gasteiger partial charge in [0.1, 0.15) is 5.70 Å². The molecule has 2 amide bonds. The van der Waals surface area contributed by atoms with E-state index in [9.17, 15) is 9.59 Å². The number of amides is 2. The standard InChI is InChI=1S/C25H30N2O4/c1-15(2)27-23(28)21(16-8-13-19(30-6)20(14-16)31-7)22(24(27)29)26-18-11-9-17(10-12-18)25(3,4)5/h8-15,26H,1-7H3. The van der Waals surface area contributed by atoms with Crippen LogP contribution >= 0.6 is 0 Å². The van der Waals surface area contributed by atoms with E-state index in [0.29, 0.717) is 22.6 Å². The summed E-state index contributed by atoms with van der Waals surface area (Å²) in [6.45, 7) is 10.1. The number of nitrogens with one attached hydrogen (secondary N) is 1. The van der Waals surface area contributed by atoms with Crippen molar-refractivity contribution in [2.75, 3.05) is 19.5 Å². The molecule has 164 valence electrons. The zero-order chi connectivity index (χ0) is 22.9. The van der Waals surface area contributed by atoms with Crippen LogP contribution in [0.5, 0.6) is 11.5 Å². The van der Waals surface area contributed by atoms with Gasteiger partial charge in [0, 0.05) is 11.7 Å². The summed E-state index contributed by atoms with van der Waals surface area (Å²) in [6, 6.07) is 12.8. The minimum atomic E-state index is -0.343. The smallest absolute Gasteiger partial charge is 0.278 e. The summed E-state index contributed by atoms with van der Waals surface area (Å²) in [6.07, 6.45) is 0. The van der Waals surface area contributed by atoms with Crippen LogP contribution in [-0.2, 0) is 15.0 Å². The van der Waals surface area contributed by atoms with E-state index in [0.717, 1.165) is 5.69 Å². The number of anilines is 1. The maximum atomic E-state index is 13.2. The Kier molecular flexibility index (Phi) is 6.11. The number of hydrogen-bond donors (Lipinski definition) is 1. The van der Waals surface area contributed by atoms with E-state index in [1.807, 2.05) is 38.1 Å². The summed E-state index contributed by atoms with van der Waals surface area (Å²) >= 11 is 0. The van der Waals surface area contributed by atoms with E-state index >= 15 is 0 Å². The first kappa shape index (κ1) is 22.4. The van der Waals surface area contributed by atoms with Crippen LogP contribution in [0.2, 0.25) is 0 Å². The number of nitrogens with zero attached hydrogens (tertiary/aromatic N) is 1. The Balaban J connectivity index is 2.08. The monoisotopic (exact) mass is 422 g/mol. The van der Waals surface area contributed by atoms with Gasteiger partial charge in [0.25, 0.3) is 11.8 Å². The summed E-state index contributed by atoms with van der Waals surface area (Å²) in [5.74, 6) is 0.368. The van der Waals surface area contributed by atoms with Crippen molar-refractivity contribution in [1.29, 1.82) is 0 Å². The third-order valence-corrected chi connectivity index (χ3v) is 5.32. The molecule has 1 heterocycles. The number of methoxy groups -OCH3 is 2. The van der Waals surface area contributed by atoms with Crippen molar-refractivity contribution in [2.24, 2.45) is 0 Å². The Labute approximate surface area is 183 Å². The molecule has 0 bridgehead atoms. The molecule has 31 heavy (non-hydrogen) atoms. The third-order valence-electron chi connectivity index (χ3n) is 5.32. The van der Waals surface area contributed by atoms with Gasteiger partial charge in [0.05, 0.1) is 19.8 Å². The van der Waals surface area contributed by atoms with Gasteiger partial charge in [-0.15, -0.1) is 0 Å². The van der Waals surface area contributed by atoms with Crippen LogP contribution in [0.3, 0.4) is 0 Å². The average Bonchev–Trinajstić information content (AvgIpc) is 2.96. The lowest BCUT2D eigenvalue weighted by atomic mass is 9.87. The third kappa shape index (κ3) is 4.29. The number of carbonyl (C=O) groups excluding carboxylic acids is 2. The fourth-order valence-electron chi connectivity index (χ4n) is 3.59. The van der Waals surface area contributed by atoms with E-state index in [1.54, 1.807) is 25.3 Å². The van der Waals surface area contributed by atoms with E-state index in [2.05, 4.69) is 26.1 Å². The molecule has 1 aliphatic heterocycles. The largest absolute Gasteiger partial charge is 0.493 e. The number of benzene rings is 2. The van der Waals surface area contributed by atoms with E-state index in [1.165, 1.54) is 17.6 Å². The van der Waals surface area contributed by atoms with Crippen LogP contribution in [0.1, 0.15) is 45.7 Å². The molecule has 0 unspecified atom stereocenters. The fraction of sp³-hybridized carbons (Fsp3) is 0.360. The number of ether oxygens (including phenoxy) is 2. The van der Waals surface area contributed by atoms with Crippen LogP contribution < -0.4 is 14.8 Å². The van der Waals surface area contributed by atoms with Gasteiger partial charge in [-0.1, -0.05) is 39.0 Å². The minimum Gasteiger partial charge on any atom is -0.493 e. The van der Waals surface area contributed by atoms with Crippen molar-refractivity contribution in [2.45, 2.75) is 46.1 Å². The summed E-state index contributed by atoms with van der Waals surface area (Å²) in [5.41, 5.74) is 3.12. The van der Waals surface area contributed by atoms with Crippen LogP contribution in [0.25, 0.3) is 5.57 Å². The maximum absolute atomic E-state index is 13.2. The Bertz CT molecular complexity index is 1030. The molecule has 3 rings (SSSR count). The van der Waals surface area contributed by atoms with Crippen molar-refractivity contribution in [3.63, 3.8) is 0 Å². The van der Waals surface area contributed by atoms with Crippen LogP contribution in [0.4, 0.5) is 5.69 Å². The average molecular weight is 423 g/mol. The molecular formula is C25H30N2O4. The first-order valence-corrected chi connectivity index (χ1v) is 10.3. The second-order valence-electron chi connectivity index (χ2n) is 8.85. The van der Waals surface area contributed by atoms with Crippen molar-refractivity contribution in [3.05, 3.63) is 59.3 Å². The lowest BCUT2D eigenvalue weighted by Crippen LogP contribution is -2.38. The number of carbonyl (C=O) groups is 2. The molecule has 0 atom stereocenters. The SMILES string of the molecule is COc1ccc(C2=C(Nc3ccc(C(C)(C)C)cc3)C(=O)N(C(C)C)C2=O)cc1OC. The molecule has 1 N–H and O–H groups in total. The first-order chi connectivity index (χ1) is 14.6. The topological polar surface area (TPSA) is 67.9 Å². The van der Waals surface area contributed by atoms with Gasteiger partial charge in [-0.2, -0.15) is 0 Å². The van der Waals surface area contributed by atoms with Crippen LogP contribution in [0.15, 0.2) is 48.2 Å². The Hall–Kier alpha value is -3.28. The molecular weight excluding hydrogens is 392 g/mol. The van der Waals surface area contributed by atoms with Crippen molar-refractivity contribution in [3.8, 4) is 11.5 Å². The molecule has 1 aliphatic rings. The second kappa shape index (κ2) is 8.46. The summed E-state index contributed by atoms with van der Waals surface area (Å²) < 4.78 is 10.7. The zero-order valence-electron chi connectivity index (χ0n) is 19.2. The van der Waals surface area contributed by atoms with E-state index in [-0.39, 0.29) is 29.0 Å². The first-order valence-electron chi connectivity index (χ1n) is 10.3. The summed E-state index contributed by atoms with van der Waals surface area (Å²) in [5, 5.41) is 3.19. The predicted octanol–water partition coefficient (Wildman–Crippen LogP) is 4.60. The molecule has 2 aromatic carbocycles. The number of rotatable bonds is 6. The van der Waals surface area contributed by atoms with Crippen LogP contribution in [0, 0.1) is 0 Å². The van der Waals surface area contributed by atoms with Gasteiger partial charge in [0.15, 0.2) is 11.5 Å². The zero-order valence-corrected chi connectivity index (χ0v) is 19.2. The molecule has 0 aliphatic carbocycles. The van der Waals surface area contributed by atoms with Gasteiger partial charge < -0.3 is 14.8 Å². The quantitative estimate of drug-likeness (QED) is 0.689. The Morgan fingerprint density at radius 1 is 0.871 bits per heavy atom. The molecule has 0 spiro atoms. The molecule has 2 aromatic rings. The highest BCUT2D eigenvalue weighted by Crippen LogP contribution is 2.36. The highest BCUT2D eigenvalue weighted by Gasteiger charge is 2.40. The Morgan fingerprint density at radius 3 is 2.00 bits per heavy atom. The van der Waals surface area contributed by atoms with Gasteiger partial charge >= 0.3 is 0 Å². The Morgan fingerprint density at radius 2 is 1.48 bits per heavy atom. The summed E-state index contributed by atoms with van der Waals surface area (Å²) in [7, 11) is 3.09. The summed E-state index contributed by atoms with van der Waals surface area (Å²) in [4.78, 5) is 27.7. The van der Waals surface area contributed by atoms with Gasteiger partial charge in [-0.25, -0.2) is 0 Å². The molecule has 6 nitrogen and oxygen atoms in total.